The van der Waals surface area contributed by atoms with Crippen molar-refractivity contribution in [2.24, 2.45) is 5.73 Å². The molecule has 0 aromatic carbocycles. The van der Waals surface area contributed by atoms with E-state index in [9.17, 15) is 0 Å². The van der Waals surface area contributed by atoms with E-state index in [1.165, 1.54) is 128 Å². The highest BCUT2D eigenvalue weighted by Crippen LogP contribution is 2.27. The Morgan fingerprint density at radius 3 is 1.23 bits per heavy atom. The summed E-state index contributed by atoms with van der Waals surface area (Å²) >= 11 is 0. The van der Waals surface area contributed by atoms with E-state index in [0.717, 1.165) is 38.5 Å². The summed E-state index contributed by atoms with van der Waals surface area (Å²) < 4.78 is 5.88. The van der Waals surface area contributed by atoms with Crippen molar-refractivity contribution in [1.82, 2.24) is 5.48 Å². The molecule has 0 fully saturated rings. The molecular weight excluding hydrogens is 542 g/mol. The summed E-state index contributed by atoms with van der Waals surface area (Å²) in [6.45, 7) is 4.51. The monoisotopic (exact) mass is 616 g/mol. The third-order valence-corrected chi connectivity index (χ3v) is 8.24. The third kappa shape index (κ3) is 30.2. The van der Waals surface area contributed by atoms with E-state index in [-0.39, 0.29) is 5.96 Å². The number of allylic oxidation sites excluding steroid dienone is 8. The highest BCUT2D eigenvalue weighted by molar-refractivity contribution is 5.72. The highest BCUT2D eigenvalue weighted by atomic mass is 16.8. The highest BCUT2D eigenvalue weighted by Gasteiger charge is 2.31. The molecule has 0 aliphatic heterocycles. The number of unbranched alkanes of at least 4 members (excludes halogenated alkanes) is 18. The number of ether oxygens (including phenoxy) is 1. The minimum absolute atomic E-state index is 0.180. The molecule has 0 unspecified atom stereocenters. The molecule has 0 rings (SSSR count). The van der Waals surface area contributed by atoms with Crippen LogP contribution < -0.4 is 11.2 Å². The van der Waals surface area contributed by atoms with Gasteiger partial charge in [0.1, 0.15) is 0 Å². The van der Waals surface area contributed by atoms with Crippen molar-refractivity contribution in [1.29, 1.82) is 5.41 Å². The fourth-order valence-corrected chi connectivity index (χ4v) is 5.39. The van der Waals surface area contributed by atoms with E-state index < -0.39 is 5.79 Å². The third-order valence-electron chi connectivity index (χ3n) is 8.24. The molecule has 4 N–H and O–H groups in total. The molecule has 0 aromatic rings. The number of nitrogens with two attached hydrogens (primary N) is 1. The first-order chi connectivity index (χ1) is 21.6. The van der Waals surface area contributed by atoms with Gasteiger partial charge in [0.15, 0.2) is 5.79 Å². The van der Waals surface area contributed by atoms with Crippen molar-refractivity contribution in [3.05, 3.63) is 48.6 Å². The van der Waals surface area contributed by atoms with Crippen LogP contribution in [0, 0.1) is 5.41 Å². The zero-order chi connectivity index (χ0) is 32.2. The Hall–Kier alpha value is -1.85. The van der Waals surface area contributed by atoms with Gasteiger partial charge in [-0.3, -0.25) is 5.41 Å². The van der Waals surface area contributed by atoms with Crippen LogP contribution in [0.5, 0.6) is 0 Å². The number of hydroxylamine groups is 1. The molecule has 0 heterocycles. The van der Waals surface area contributed by atoms with Crippen LogP contribution in [0.25, 0.3) is 0 Å². The molecule has 256 valence electrons. The van der Waals surface area contributed by atoms with Crippen molar-refractivity contribution < 1.29 is 9.57 Å². The van der Waals surface area contributed by atoms with E-state index >= 15 is 0 Å². The summed E-state index contributed by atoms with van der Waals surface area (Å²) in [5, 5.41) is 7.52. The van der Waals surface area contributed by atoms with Crippen LogP contribution in [-0.2, 0) is 9.57 Å². The number of rotatable bonds is 33. The maximum Gasteiger partial charge on any atom is 0.210 e. The van der Waals surface area contributed by atoms with Crippen LogP contribution in [0.3, 0.4) is 0 Å². The molecule has 0 saturated carbocycles. The lowest BCUT2D eigenvalue weighted by atomic mass is 9.98. The van der Waals surface area contributed by atoms with Gasteiger partial charge in [0, 0.05) is 20.0 Å². The SMILES string of the molecule is CCCCC/C=C\C/C=C\CCCCCCCCC(CCCCCCCC/C=C\C/C=C\CCCCC)(OC)ONC(=N)N. The van der Waals surface area contributed by atoms with E-state index in [0.29, 0.717) is 0 Å². The second-order valence-corrected chi connectivity index (χ2v) is 12.4. The van der Waals surface area contributed by atoms with Crippen molar-refractivity contribution >= 4 is 5.96 Å². The maximum absolute atomic E-state index is 7.52. The number of guanidine groups is 1. The Labute approximate surface area is 274 Å². The second kappa shape index (κ2) is 34.0. The number of hydrogen-bond donors (Lipinski definition) is 3. The van der Waals surface area contributed by atoms with Crippen LogP contribution in [-0.4, -0.2) is 18.9 Å². The molecule has 0 radical (unpaired) electrons. The normalized spacial score (nSPS) is 12.5. The van der Waals surface area contributed by atoms with Crippen LogP contribution in [0.4, 0.5) is 0 Å². The van der Waals surface area contributed by atoms with Crippen molar-refractivity contribution in [2.45, 2.75) is 187 Å². The van der Waals surface area contributed by atoms with Gasteiger partial charge >= 0.3 is 0 Å². The number of methoxy groups -OCH3 is 1. The largest absolute Gasteiger partial charge is 0.368 e. The van der Waals surface area contributed by atoms with E-state index in [2.05, 4.69) is 67.9 Å². The fourth-order valence-electron chi connectivity index (χ4n) is 5.39. The van der Waals surface area contributed by atoms with Gasteiger partial charge in [-0.25, -0.2) is 10.3 Å². The van der Waals surface area contributed by atoms with Gasteiger partial charge in [-0.1, -0.05) is 140 Å². The molecule has 0 atom stereocenters. The summed E-state index contributed by atoms with van der Waals surface area (Å²) in [4.78, 5) is 5.84. The van der Waals surface area contributed by atoms with Gasteiger partial charge < -0.3 is 10.5 Å². The molecular formula is C39H73N3O2. The zero-order valence-electron chi connectivity index (χ0n) is 29.4. The van der Waals surface area contributed by atoms with Gasteiger partial charge in [0.2, 0.25) is 5.96 Å². The average Bonchev–Trinajstić information content (AvgIpc) is 3.02. The summed E-state index contributed by atoms with van der Waals surface area (Å²) in [6, 6.07) is 0. The van der Waals surface area contributed by atoms with Crippen LogP contribution in [0.15, 0.2) is 48.6 Å². The van der Waals surface area contributed by atoms with Crippen LogP contribution >= 0.6 is 0 Å². The minimum Gasteiger partial charge on any atom is -0.368 e. The summed E-state index contributed by atoms with van der Waals surface area (Å²) in [5.74, 6) is -0.892. The number of nitrogens with one attached hydrogen (secondary N) is 2. The molecule has 0 aliphatic carbocycles. The molecule has 5 nitrogen and oxygen atoms in total. The minimum atomic E-state index is -0.712. The first kappa shape index (κ1) is 42.1. The maximum atomic E-state index is 7.52. The van der Waals surface area contributed by atoms with Crippen molar-refractivity contribution in [3.8, 4) is 0 Å². The average molecular weight is 616 g/mol. The standard InChI is InChI=1S/C39H73N3O2/c1-4-6-8-10-12-14-16-18-20-22-24-26-28-30-32-34-36-39(43-3,44-42-38(40)41)37-35-33-31-29-27-25-23-21-19-17-15-13-11-9-7-5-2/h12-15,18-21H,4-11,16-17,22-37H2,1-3H3,(H4,40,41,42)/b14-12-,15-13-,20-18-,21-19-. The zero-order valence-corrected chi connectivity index (χ0v) is 29.4. The lowest BCUT2D eigenvalue weighted by Crippen LogP contribution is -2.44. The Balaban J connectivity index is 3.98. The molecule has 0 spiro atoms. The molecule has 0 bridgehead atoms. The lowest BCUT2D eigenvalue weighted by molar-refractivity contribution is -0.252. The molecule has 44 heavy (non-hydrogen) atoms. The Morgan fingerprint density at radius 2 is 0.886 bits per heavy atom. The van der Waals surface area contributed by atoms with E-state index in [4.69, 9.17) is 20.7 Å². The topological polar surface area (TPSA) is 80.4 Å². The Bertz CT molecular complexity index is 681. The Morgan fingerprint density at radius 1 is 0.545 bits per heavy atom. The molecule has 0 aromatic heterocycles. The first-order valence-electron chi connectivity index (χ1n) is 18.5. The molecule has 5 heteroatoms. The summed E-state index contributed by atoms with van der Waals surface area (Å²) in [7, 11) is 1.72. The van der Waals surface area contributed by atoms with Crippen LogP contribution in [0.2, 0.25) is 0 Å². The predicted molar refractivity (Wildman–Crippen MR) is 194 cm³/mol. The number of hydrogen-bond acceptors (Lipinski definition) is 3. The molecule has 0 saturated heterocycles. The van der Waals surface area contributed by atoms with Gasteiger partial charge in [-0.05, 0) is 77.0 Å². The molecule has 0 aliphatic rings. The quantitative estimate of drug-likeness (QED) is 0.0171. The smallest absolute Gasteiger partial charge is 0.210 e. The second-order valence-electron chi connectivity index (χ2n) is 12.4. The van der Waals surface area contributed by atoms with Gasteiger partial charge in [-0.2, -0.15) is 0 Å². The van der Waals surface area contributed by atoms with Crippen molar-refractivity contribution in [3.63, 3.8) is 0 Å². The fraction of sp³-hybridized carbons (Fsp3) is 0.769. The van der Waals surface area contributed by atoms with Gasteiger partial charge in [0.05, 0.1) is 0 Å². The first-order valence-corrected chi connectivity index (χ1v) is 18.5. The molecule has 0 amide bonds. The Kier molecular flexibility index (Phi) is 32.6. The summed E-state index contributed by atoms with van der Waals surface area (Å²) in [6.07, 6.45) is 49.8. The van der Waals surface area contributed by atoms with E-state index in [1.54, 1.807) is 7.11 Å². The van der Waals surface area contributed by atoms with E-state index in [1.807, 2.05) is 0 Å². The van der Waals surface area contributed by atoms with Gasteiger partial charge in [0.25, 0.3) is 0 Å². The lowest BCUT2D eigenvalue weighted by Gasteiger charge is -2.32. The van der Waals surface area contributed by atoms with Crippen LogP contribution in [0.1, 0.15) is 181 Å². The van der Waals surface area contributed by atoms with Crippen molar-refractivity contribution in [2.75, 3.05) is 7.11 Å². The van der Waals surface area contributed by atoms with Gasteiger partial charge in [-0.15, -0.1) is 0 Å². The predicted octanol–water partition coefficient (Wildman–Crippen LogP) is 12.2. The summed E-state index contributed by atoms with van der Waals surface area (Å²) in [5.41, 5.74) is 8.07.